The highest BCUT2D eigenvalue weighted by atomic mass is 32.1. The molecule has 0 aliphatic carbocycles. The third-order valence-electron chi connectivity index (χ3n) is 3.10. The topological polar surface area (TPSA) is 70.2 Å². The number of H-pyrrole nitrogens is 1. The number of carboxylic acids is 1. The fraction of sp³-hybridized carbons (Fsp3) is 0. The van der Waals surface area contributed by atoms with Crippen LogP contribution in [0.3, 0.4) is 0 Å². The molecule has 0 saturated carbocycles. The van der Waals surface area contributed by atoms with Crippen molar-refractivity contribution in [1.82, 2.24) is 4.98 Å². The third kappa shape index (κ3) is 2.64. The Morgan fingerprint density at radius 2 is 1.90 bits per heavy atom. The van der Waals surface area contributed by atoms with E-state index in [2.05, 4.69) is 4.98 Å². The van der Waals surface area contributed by atoms with Crippen molar-refractivity contribution in [3.8, 4) is 21.7 Å². The van der Waals surface area contributed by atoms with Gasteiger partial charge in [-0.2, -0.15) is 0 Å². The maximum atomic E-state index is 11.9. The van der Waals surface area contributed by atoms with Crippen LogP contribution in [-0.2, 0) is 0 Å². The predicted octanol–water partition coefficient (Wildman–Crippen LogP) is 3.47. The van der Waals surface area contributed by atoms with Gasteiger partial charge < -0.3 is 10.1 Å². The summed E-state index contributed by atoms with van der Waals surface area (Å²) in [6.07, 6.45) is 0. The molecular weight excluding hydrogens is 286 g/mol. The number of hydrogen-bond donors (Lipinski definition) is 2. The van der Waals surface area contributed by atoms with Gasteiger partial charge in [0, 0.05) is 22.2 Å². The number of pyridine rings is 1. The molecule has 0 aliphatic rings. The number of aromatic nitrogens is 1. The Morgan fingerprint density at radius 1 is 1.10 bits per heavy atom. The molecule has 3 rings (SSSR count). The summed E-state index contributed by atoms with van der Waals surface area (Å²) in [6.45, 7) is 0. The van der Waals surface area contributed by atoms with Crippen LogP contribution in [-0.4, -0.2) is 16.1 Å². The summed E-state index contributed by atoms with van der Waals surface area (Å²) in [6, 6.07) is 13.8. The summed E-state index contributed by atoms with van der Waals surface area (Å²) < 4.78 is 0. The van der Waals surface area contributed by atoms with Gasteiger partial charge in [0.05, 0.1) is 5.56 Å². The van der Waals surface area contributed by atoms with E-state index in [1.54, 1.807) is 24.3 Å². The van der Waals surface area contributed by atoms with E-state index >= 15 is 0 Å². The lowest BCUT2D eigenvalue weighted by molar-refractivity contribution is 0.0697. The van der Waals surface area contributed by atoms with Crippen molar-refractivity contribution in [2.24, 2.45) is 0 Å². The molecule has 2 aromatic heterocycles. The summed E-state index contributed by atoms with van der Waals surface area (Å²) in [7, 11) is 0. The summed E-state index contributed by atoms with van der Waals surface area (Å²) in [5.41, 5.74) is 1.70. The van der Waals surface area contributed by atoms with Crippen LogP contribution in [0, 0.1) is 0 Å². The summed E-state index contributed by atoms with van der Waals surface area (Å²) in [4.78, 5) is 26.8. The predicted molar refractivity (Wildman–Crippen MR) is 82.8 cm³/mol. The molecule has 0 spiro atoms. The lowest BCUT2D eigenvalue weighted by Gasteiger charge is -2.07. The molecule has 3 aromatic rings. The van der Waals surface area contributed by atoms with Gasteiger partial charge in [-0.05, 0) is 29.1 Å². The van der Waals surface area contributed by atoms with Crippen LogP contribution in [0.1, 0.15) is 10.4 Å². The number of rotatable bonds is 3. The summed E-state index contributed by atoms with van der Waals surface area (Å²) >= 11 is 1.53. The van der Waals surface area contributed by atoms with Crippen LogP contribution in [0.15, 0.2) is 58.7 Å². The standard InChI is InChI=1S/C16H11NO3S/c18-15-9-10(14-6-3-7-21-14)8-13(17-15)11-4-1-2-5-12(11)16(19)20/h1-9H,(H,17,18)(H,19,20). The Bertz CT molecular complexity index is 850. The first-order valence-corrected chi connectivity index (χ1v) is 7.14. The number of carboxylic acid groups (broad SMARTS) is 1. The number of thiophene rings is 1. The van der Waals surface area contributed by atoms with Crippen molar-refractivity contribution in [3.05, 3.63) is 69.8 Å². The quantitative estimate of drug-likeness (QED) is 0.777. The van der Waals surface area contributed by atoms with Crippen LogP contribution < -0.4 is 5.56 Å². The molecule has 2 heterocycles. The average molecular weight is 297 g/mol. The maximum Gasteiger partial charge on any atom is 0.336 e. The zero-order valence-electron chi connectivity index (χ0n) is 10.9. The fourth-order valence-corrected chi connectivity index (χ4v) is 2.89. The van der Waals surface area contributed by atoms with Crippen LogP contribution in [0.2, 0.25) is 0 Å². The highest BCUT2D eigenvalue weighted by Gasteiger charge is 2.12. The van der Waals surface area contributed by atoms with Crippen molar-refractivity contribution in [1.29, 1.82) is 0 Å². The second-order valence-corrected chi connectivity index (χ2v) is 5.42. The van der Waals surface area contributed by atoms with Crippen LogP contribution in [0.5, 0.6) is 0 Å². The molecule has 2 N–H and O–H groups in total. The van der Waals surface area contributed by atoms with Crippen molar-refractivity contribution < 1.29 is 9.90 Å². The Balaban J connectivity index is 2.20. The minimum absolute atomic E-state index is 0.163. The molecule has 104 valence electrons. The van der Waals surface area contributed by atoms with Gasteiger partial charge in [0.25, 0.3) is 0 Å². The smallest absolute Gasteiger partial charge is 0.336 e. The molecule has 0 unspecified atom stereocenters. The molecule has 0 saturated heterocycles. The third-order valence-corrected chi connectivity index (χ3v) is 4.02. The zero-order chi connectivity index (χ0) is 14.8. The van der Waals surface area contributed by atoms with Crippen molar-refractivity contribution in [3.63, 3.8) is 0 Å². The van der Waals surface area contributed by atoms with Gasteiger partial charge >= 0.3 is 5.97 Å². The van der Waals surface area contributed by atoms with Crippen LogP contribution in [0.25, 0.3) is 21.7 Å². The first kappa shape index (κ1) is 13.3. The lowest BCUT2D eigenvalue weighted by Crippen LogP contribution is -2.07. The van der Waals surface area contributed by atoms with E-state index in [4.69, 9.17) is 0 Å². The molecule has 21 heavy (non-hydrogen) atoms. The SMILES string of the molecule is O=C(O)c1ccccc1-c1cc(-c2cccs2)cc(=O)[nH]1. The van der Waals surface area contributed by atoms with E-state index in [1.807, 2.05) is 17.5 Å². The van der Waals surface area contributed by atoms with E-state index in [1.165, 1.54) is 23.5 Å². The van der Waals surface area contributed by atoms with Crippen molar-refractivity contribution in [2.75, 3.05) is 0 Å². The first-order chi connectivity index (χ1) is 10.1. The fourth-order valence-electron chi connectivity index (χ4n) is 2.18. The second kappa shape index (κ2) is 5.38. The Kier molecular flexibility index (Phi) is 3.41. The van der Waals surface area contributed by atoms with Gasteiger partial charge in [-0.1, -0.05) is 24.3 Å². The van der Waals surface area contributed by atoms with E-state index in [0.29, 0.717) is 11.3 Å². The number of aromatic carboxylic acids is 1. The molecule has 0 atom stereocenters. The number of benzene rings is 1. The first-order valence-electron chi connectivity index (χ1n) is 6.26. The van der Waals surface area contributed by atoms with E-state index in [9.17, 15) is 14.7 Å². The minimum Gasteiger partial charge on any atom is -0.478 e. The molecule has 0 bridgehead atoms. The van der Waals surface area contributed by atoms with E-state index in [-0.39, 0.29) is 11.1 Å². The van der Waals surface area contributed by atoms with Crippen LogP contribution >= 0.6 is 11.3 Å². The summed E-state index contributed by atoms with van der Waals surface area (Å²) in [5.74, 6) is -1.02. The molecular formula is C16H11NO3S. The largest absolute Gasteiger partial charge is 0.478 e. The lowest BCUT2D eigenvalue weighted by atomic mass is 10.0. The minimum atomic E-state index is -1.02. The highest BCUT2D eigenvalue weighted by molar-refractivity contribution is 7.13. The van der Waals surface area contributed by atoms with Gasteiger partial charge in [-0.3, -0.25) is 4.79 Å². The molecule has 5 heteroatoms. The molecule has 1 aromatic carbocycles. The van der Waals surface area contributed by atoms with E-state index < -0.39 is 5.97 Å². The number of nitrogens with one attached hydrogen (secondary N) is 1. The normalized spacial score (nSPS) is 10.5. The highest BCUT2D eigenvalue weighted by Crippen LogP contribution is 2.28. The number of hydrogen-bond acceptors (Lipinski definition) is 3. The van der Waals surface area contributed by atoms with Gasteiger partial charge in [-0.15, -0.1) is 11.3 Å². The molecule has 0 aliphatic heterocycles. The monoisotopic (exact) mass is 297 g/mol. The van der Waals surface area contributed by atoms with Gasteiger partial charge in [-0.25, -0.2) is 4.79 Å². The summed E-state index contributed by atoms with van der Waals surface area (Å²) in [5, 5.41) is 11.2. The Labute approximate surface area is 124 Å². The molecule has 0 amide bonds. The molecule has 0 radical (unpaired) electrons. The van der Waals surface area contributed by atoms with Crippen molar-refractivity contribution >= 4 is 17.3 Å². The van der Waals surface area contributed by atoms with Crippen molar-refractivity contribution in [2.45, 2.75) is 0 Å². The Hall–Kier alpha value is -2.66. The maximum absolute atomic E-state index is 11.9. The van der Waals surface area contributed by atoms with Gasteiger partial charge in [0.2, 0.25) is 5.56 Å². The molecule has 4 nitrogen and oxygen atoms in total. The second-order valence-electron chi connectivity index (χ2n) is 4.47. The number of carbonyl (C=O) groups is 1. The Morgan fingerprint density at radius 3 is 2.62 bits per heavy atom. The number of aromatic amines is 1. The van der Waals surface area contributed by atoms with Gasteiger partial charge in [0.1, 0.15) is 0 Å². The average Bonchev–Trinajstić information content (AvgIpc) is 3.01. The zero-order valence-corrected chi connectivity index (χ0v) is 11.7. The van der Waals surface area contributed by atoms with E-state index in [0.717, 1.165) is 10.4 Å². The van der Waals surface area contributed by atoms with Crippen LogP contribution in [0.4, 0.5) is 0 Å². The molecule has 0 fully saturated rings. The van der Waals surface area contributed by atoms with Gasteiger partial charge in [0.15, 0.2) is 0 Å².